The molecule has 1 aromatic carbocycles. The van der Waals surface area contributed by atoms with Crippen LogP contribution in [0, 0.1) is 0 Å². The van der Waals surface area contributed by atoms with E-state index in [0.29, 0.717) is 10.6 Å². The third-order valence-corrected chi connectivity index (χ3v) is 5.30. The summed E-state index contributed by atoms with van der Waals surface area (Å²) >= 11 is 1.51. The minimum absolute atomic E-state index is 0.0145. The molecule has 0 spiro atoms. The maximum atomic E-state index is 12.3. The van der Waals surface area contributed by atoms with Crippen LogP contribution in [0.25, 0.3) is 0 Å². The van der Waals surface area contributed by atoms with Gasteiger partial charge in [0.1, 0.15) is 5.01 Å². The van der Waals surface area contributed by atoms with Crippen molar-refractivity contribution < 1.29 is 14.1 Å². The summed E-state index contributed by atoms with van der Waals surface area (Å²) < 4.78 is 12.3. The van der Waals surface area contributed by atoms with Crippen molar-refractivity contribution in [2.75, 3.05) is 0 Å². The second kappa shape index (κ2) is 6.07. The first kappa shape index (κ1) is 15.9. The largest absolute Gasteiger partial charge is 0.478 e. The zero-order chi connectivity index (χ0) is 15.6. The lowest BCUT2D eigenvalue weighted by Gasteiger charge is -2.14. The minimum Gasteiger partial charge on any atom is -0.478 e. The Balaban J connectivity index is 2.11. The fraction of sp³-hybridized carbons (Fsp3) is 0.333. The molecule has 2 rings (SSSR count). The van der Waals surface area contributed by atoms with Crippen LogP contribution in [0.1, 0.15) is 41.8 Å². The van der Waals surface area contributed by atoms with Crippen LogP contribution in [0.3, 0.4) is 0 Å². The van der Waals surface area contributed by atoms with E-state index >= 15 is 0 Å². The third-order valence-electron chi connectivity index (χ3n) is 2.94. The molecule has 2 aromatic rings. The van der Waals surface area contributed by atoms with Gasteiger partial charge in [0, 0.05) is 15.7 Å². The Kier molecular flexibility index (Phi) is 4.58. The highest BCUT2D eigenvalue weighted by Crippen LogP contribution is 2.25. The predicted molar refractivity (Wildman–Crippen MR) is 84.3 cm³/mol. The molecular formula is C15H17NO3S2. The van der Waals surface area contributed by atoms with E-state index in [0.717, 1.165) is 10.7 Å². The van der Waals surface area contributed by atoms with Crippen LogP contribution in [0.15, 0.2) is 34.5 Å². The fourth-order valence-corrected chi connectivity index (χ4v) is 3.96. The Labute approximate surface area is 130 Å². The predicted octanol–water partition coefficient (Wildman–Crippen LogP) is 3.45. The molecule has 6 heteroatoms. The van der Waals surface area contributed by atoms with Crippen LogP contribution in [-0.4, -0.2) is 20.3 Å². The SMILES string of the molecule is CC(C)(C)c1csc(CS(=O)c2ccc(C(=O)O)cc2)n1. The summed E-state index contributed by atoms with van der Waals surface area (Å²) in [4.78, 5) is 15.9. The summed E-state index contributed by atoms with van der Waals surface area (Å²) in [6.07, 6.45) is 0. The summed E-state index contributed by atoms with van der Waals surface area (Å²) in [7, 11) is -1.21. The molecule has 0 saturated carbocycles. The van der Waals surface area contributed by atoms with Gasteiger partial charge in [0.05, 0.1) is 27.8 Å². The van der Waals surface area contributed by atoms with E-state index < -0.39 is 16.8 Å². The van der Waals surface area contributed by atoms with E-state index in [1.807, 2.05) is 5.38 Å². The molecule has 0 bridgehead atoms. The number of carbonyl (C=O) groups is 1. The molecule has 0 radical (unpaired) electrons. The number of thiazole rings is 1. The van der Waals surface area contributed by atoms with Crippen molar-refractivity contribution in [3.05, 3.63) is 45.9 Å². The fourth-order valence-electron chi connectivity index (χ4n) is 1.67. The molecule has 0 amide bonds. The molecule has 4 nitrogen and oxygen atoms in total. The Bertz CT molecular complexity index is 669. The topological polar surface area (TPSA) is 67.3 Å². The summed E-state index contributed by atoms with van der Waals surface area (Å²) in [5.41, 5.74) is 1.18. The smallest absolute Gasteiger partial charge is 0.335 e. The normalized spacial score (nSPS) is 13.1. The van der Waals surface area contributed by atoms with Crippen molar-refractivity contribution in [2.24, 2.45) is 0 Å². The van der Waals surface area contributed by atoms with Gasteiger partial charge >= 0.3 is 5.97 Å². The first-order chi connectivity index (χ1) is 9.77. The van der Waals surface area contributed by atoms with E-state index in [9.17, 15) is 9.00 Å². The first-order valence-electron chi connectivity index (χ1n) is 6.44. The molecule has 0 aliphatic carbocycles. The maximum Gasteiger partial charge on any atom is 0.335 e. The van der Waals surface area contributed by atoms with E-state index in [4.69, 9.17) is 5.11 Å². The second-order valence-electron chi connectivity index (χ2n) is 5.70. The van der Waals surface area contributed by atoms with Crippen LogP contribution >= 0.6 is 11.3 Å². The molecule has 1 N–H and O–H groups in total. The number of hydrogen-bond acceptors (Lipinski definition) is 4. The summed E-state index contributed by atoms with van der Waals surface area (Å²) in [6, 6.07) is 6.13. The average molecular weight is 323 g/mol. The molecule has 1 unspecified atom stereocenters. The van der Waals surface area contributed by atoms with E-state index in [-0.39, 0.29) is 11.0 Å². The third kappa shape index (κ3) is 3.98. The average Bonchev–Trinajstić information content (AvgIpc) is 2.87. The Morgan fingerprint density at radius 1 is 1.29 bits per heavy atom. The molecule has 0 fully saturated rings. The molecule has 1 heterocycles. The van der Waals surface area contributed by atoms with Crippen LogP contribution in [0.5, 0.6) is 0 Å². The molecule has 0 saturated heterocycles. The lowest BCUT2D eigenvalue weighted by Crippen LogP contribution is -2.11. The highest BCUT2D eigenvalue weighted by molar-refractivity contribution is 7.84. The van der Waals surface area contributed by atoms with Gasteiger partial charge in [0.25, 0.3) is 0 Å². The molecule has 0 aliphatic rings. The number of benzene rings is 1. The number of aromatic carboxylic acids is 1. The Morgan fingerprint density at radius 3 is 2.38 bits per heavy atom. The molecule has 0 aliphatic heterocycles. The van der Waals surface area contributed by atoms with Gasteiger partial charge in [-0.1, -0.05) is 20.8 Å². The molecule has 1 atom stereocenters. The summed E-state index contributed by atoms with van der Waals surface area (Å²) in [5, 5.41) is 11.7. The Hall–Kier alpha value is -1.53. The standard InChI is InChI=1S/C15H17NO3S2/c1-15(2,3)12-8-20-13(16-12)9-21(19)11-6-4-10(5-7-11)14(17)18/h4-8H,9H2,1-3H3,(H,17,18). The number of aromatic nitrogens is 1. The number of hydrogen-bond donors (Lipinski definition) is 1. The monoisotopic (exact) mass is 323 g/mol. The van der Waals surface area contributed by atoms with Gasteiger partial charge in [-0.25, -0.2) is 9.78 Å². The number of nitrogens with zero attached hydrogens (tertiary/aromatic N) is 1. The lowest BCUT2D eigenvalue weighted by atomic mass is 9.93. The van der Waals surface area contributed by atoms with Crippen LogP contribution in [-0.2, 0) is 22.0 Å². The van der Waals surface area contributed by atoms with Gasteiger partial charge in [0.15, 0.2) is 0 Å². The van der Waals surface area contributed by atoms with Crippen molar-refractivity contribution in [2.45, 2.75) is 36.8 Å². The van der Waals surface area contributed by atoms with Gasteiger partial charge in [-0.2, -0.15) is 0 Å². The van der Waals surface area contributed by atoms with Crippen LogP contribution < -0.4 is 0 Å². The van der Waals surface area contributed by atoms with Crippen molar-refractivity contribution >= 4 is 28.1 Å². The zero-order valence-electron chi connectivity index (χ0n) is 12.1. The molecule has 112 valence electrons. The summed E-state index contributed by atoms with van der Waals surface area (Å²) in [5.74, 6) is -0.630. The maximum absolute atomic E-state index is 12.3. The first-order valence-corrected chi connectivity index (χ1v) is 8.64. The van der Waals surface area contributed by atoms with Crippen molar-refractivity contribution in [1.82, 2.24) is 4.98 Å². The van der Waals surface area contributed by atoms with Crippen LogP contribution in [0.2, 0.25) is 0 Å². The van der Waals surface area contributed by atoms with Crippen molar-refractivity contribution in [3.8, 4) is 0 Å². The van der Waals surface area contributed by atoms with Crippen molar-refractivity contribution in [1.29, 1.82) is 0 Å². The van der Waals surface area contributed by atoms with Gasteiger partial charge in [-0.15, -0.1) is 11.3 Å². The number of carboxylic acid groups (broad SMARTS) is 1. The highest BCUT2D eigenvalue weighted by Gasteiger charge is 2.18. The Morgan fingerprint density at radius 2 is 1.90 bits per heavy atom. The van der Waals surface area contributed by atoms with E-state index in [1.165, 1.54) is 23.5 Å². The zero-order valence-corrected chi connectivity index (χ0v) is 13.8. The molecule has 21 heavy (non-hydrogen) atoms. The van der Waals surface area contributed by atoms with E-state index in [2.05, 4.69) is 25.8 Å². The van der Waals surface area contributed by atoms with Gasteiger partial charge in [-0.3, -0.25) is 4.21 Å². The van der Waals surface area contributed by atoms with E-state index in [1.54, 1.807) is 12.1 Å². The number of carboxylic acids is 1. The van der Waals surface area contributed by atoms with Crippen molar-refractivity contribution in [3.63, 3.8) is 0 Å². The quantitative estimate of drug-likeness (QED) is 0.936. The highest BCUT2D eigenvalue weighted by atomic mass is 32.2. The lowest BCUT2D eigenvalue weighted by molar-refractivity contribution is 0.0697. The van der Waals surface area contributed by atoms with Crippen LogP contribution in [0.4, 0.5) is 0 Å². The van der Waals surface area contributed by atoms with Gasteiger partial charge < -0.3 is 5.11 Å². The molecular weight excluding hydrogens is 306 g/mol. The second-order valence-corrected chi connectivity index (χ2v) is 8.09. The molecule has 1 aromatic heterocycles. The van der Waals surface area contributed by atoms with Gasteiger partial charge in [-0.05, 0) is 24.3 Å². The minimum atomic E-state index is -1.21. The number of rotatable bonds is 4. The summed E-state index contributed by atoms with van der Waals surface area (Å²) in [6.45, 7) is 6.27. The van der Waals surface area contributed by atoms with Gasteiger partial charge in [0.2, 0.25) is 0 Å².